The van der Waals surface area contributed by atoms with Gasteiger partial charge < -0.3 is 31.1 Å². The van der Waals surface area contributed by atoms with Crippen LogP contribution in [0.1, 0.15) is 19.4 Å². The molecule has 0 spiro atoms. The lowest BCUT2D eigenvalue weighted by molar-refractivity contribution is 0.164. The zero-order chi connectivity index (χ0) is 32.6. The largest absolute Gasteiger partial charge is 0.448 e. The third kappa shape index (κ3) is 8.97. The molecule has 4 rings (SSSR count). The van der Waals surface area contributed by atoms with Gasteiger partial charge in [0, 0.05) is 40.3 Å². The number of benzene rings is 3. The Labute approximate surface area is 260 Å². The number of aromatic nitrogens is 2. The van der Waals surface area contributed by atoms with Crippen molar-refractivity contribution < 1.29 is 28.0 Å². The van der Waals surface area contributed by atoms with E-state index in [0.29, 0.717) is 27.7 Å². The second kappa shape index (κ2) is 14.6. The van der Waals surface area contributed by atoms with Gasteiger partial charge in [0.2, 0.25) is 5.95 Å². The van der Waals surface area contributed by atoms with E-state index in [9.17, 15) is 23.3 Å². The molecule has 0 saturated heterocycles. The molecule has 1 heterocycles. The minimum atomic E-state index is -2.99. The summed E-state index contributed by atoms with van der Waals surface area (Å²) in [5.74, 6) is 0.168. The van der Waals surface area contributed by atoms with E-state index in [-0.39, 0.29) is 30.9 Å². The number of ether oxygens (including phenoxy) is 1. The molecule has 2 unspecified atom stereocenters. The number of hydrogen-bond acceptors (Lipinski definition) is 9. The van der Waals surface area contributed by atoms with Gasteiger partial charge in [0.25, 0.3) is 0 Å². The standard InChI is InChI=1S/C31H34FN7O5S/c1-5-44-31(42)39-45(4,43)24-13-11-22(12-14-24)35-29-33-17-25(28(38-29)34-20(3)18-40)21-7-9-23(10-8-21)36-30(41)37-27-16-19(2)6-15-26(27)32/h6-17,20,40H,5,18H2,1-4H3,(H2,36,37,41)(H2,33,34,35,38). The number of hydrogen-bond donors (Lipinski definition) is 5. The molecule has 236 valence electrons. The summed E-state index contributed by atoms with van der Waals surface area (Å²) in [5.41, 5.74) is 3.34. The predicted molar refractivity (Wildman–Crippen MR) is 173 cm³/mol. The molecule has 12 nitrogen and oxygen atoms in total. The lowest BCUT2D eigenvalue weighted by atomic mass is 10.1. The van der Waals surface area contributed by atoms with Crippen molar-refractivity contribution >= 4 is 50.7 Å². The molecule has 4 aromatic rings. The molecule has 0 aliphatic heterocycles. The summed E-state index contributed by atoms with van der Waals surface area (Å²) >= 11 is 0. The van der Waals surface area contributed by atoms with Crippen LogP contribution in [-0.4, -0.2) is 56.9 Å². The van der Waals surface area contributed by atoms with E-state index in [1.54, 1.807) is 87.6 Å². The average Bonchev–Trinajstić information content (AvgIpc) is 3.00. The molecule has 0 aliphatic rings. The Balaban J connectivity index is 1.51. The van der Waals surface area contributed by atoms with Gasteiger partial charge in [0.15, 0.2) is 0 Å². The van der Waals surface area contributed by atoms with Gasteiger partial charge in [-0.15, -0.1) is 4.36 Å². The highest BCUT2D eigenvalue weighted by atomic mass is 32.2. The van der Waals surface area contributed by atoms with Gasteiger partial charge in [0.05, 0.1) is 28.6 Å². The first-order valence-corrected chi connectivity index (χ1v) is 15.8. The van der Waals surface area contributed by atoms with E-state index in [4.69, 9.17) is 4.74 Å². The highest BCUT2D eigenvalue weighted by Crippen LogP contribution is 2.29. The number of carbonyl (C=O) groups excluding carboxylic acids is 2. The Morgan fingerprint density at radius 3 is 2.40 bits per heavy atom. The van der Waals surface area contributed by atoms with Crippen LogP contribution in [0.4, 0.5) is 42.8 Å². The van der Waals surface area contributed by atoms with Gasteiger partial charge in [-0.1, -0.05) is 18.2 Å². The molecule has 0 fully saturated rings. The predicted octanol–water partition coefficient (Wildman–Crippen LogP) is 6.38. The van der Waals surface area contributed by atoms with Crippen molar-refractivity contribution in [1.29, 1.82) is 0 Å². The number of rotatable bonds is 10. The lowest BCUT2D eigenvalue weighted by Crippen LogP contribution is -2.21. The van der Waals surface area contributed by atoms with Crippen molar-refractivity contribution in [3.05, 3.63) is 84.3 Å². The summed E-state index contributed by atoms with van der Waals surface area (Å²) in [6.07, 6.45) is 2.09. The zero-order valence-corrected chi connectivity index (χ0v) is 25.9. The number of carbonyl (C=O) groups is 2. The molecular weight excluding hydrogens is 601 g/mol. The quantitative estimate of drug-likeness (QED) is 0.133. The number of nitrogens with one attached hydrogen (secondary N) is 4. The number of aliphatic hydroxyl groups excluding tert-OH is 1. The molecule has 0 saturated carbocycles. The zero-order valence-electron chi connectivity index (χ0n) is 25.1. The van der Waals surface area contributed by atoms with E-state index in [1.807, 2.05) is 0 Å². The maximum absolute atomic E-state index is 14.0. The minimum absolute atomic E-state index is 0.0779. The molecular formula is C31H34FN7O5S. The molecule has 0 aliphatic carbocycles. The first-order chi connectivity index (χ1) is 21.5. The third-order valence-electron chi connectivity index (χ3n) is 6.33. The Kier molecular flexibility index (Phi) is 10.6. The van der Waals surface area contributed by atoms with Gasteiger partial charge in [-0.3, -0.25) is 0 Å². The Bertz CT molecular complexity index is 1790. The summed E-state index contributed by atoms with van der Waals surface area (Å²) in [5, 5.41) is 21.1. The van der Waals surface area contributed by atoms with E-state index < -0.39 is 27.7 Å². The van der Waals surface area contributed by atoms with E-state index in [2.05, 4.69) is 35.6 Å². The third-order valence-corrected chi connectivity index (χ3v) is 7.98. The van der Waals surface area contributed by atoms with Crippen molar-refractivity contribution in [3.63, 3.8) is 0 Å². The summed E-state index contributed by atoms with van der Waals surface area (Å²) in [6, 6.07) is 16.9. The topological polar surface area (TPSA) is 167 Å². The van der Waals surface area contributed by atoms with Crippen molar-refractivity contribution in [2.75, 3.05) is 40.7 Å². The van der Waals surface area contributed by atoms with Crippen LogP contribution in [0.15, 0.2) is 82.2 Å². The summed E-state index contributed by atoms with van der Waals surface area (Å²) in [6.45, 7) is 5.23. The fraction of sp³-hybridized carbons (Fsp3) is 0.226. The van der Waals surface area contributed by atoms with Crippen LogP contribution in [0.25, 0.3) is 11.1 Å². The number of urea groups is 1. The Morgan fingerprint density at radius 1 is 1.04 bits per heavy atom. The van der Waals surface area contributed by atoms with Crippen LogP contribution in [0.3, 0.4) is 0 Å². The molecule has 0 radical (unpaired) electrons. The van der Waals surface area contributed by atoms with Gasteiger partial charge in [-0.2, -0.15) is 4.98 Å². The number of aliphatic hydroxyl groups is 1. The summed E-state index contributed by atoms with van der Waals surface area (Å²) in [7, 11) is -2.99. The first kappa shape index (κ1) is 32.8. The van der Waals surface area contributed by atoms with Gasteiger partial charge in [-0.25, -0.2) is 23.2 Å². The highest BCUT2D eigenvalue weighted by Gasteiger charge is 2.15. The minimum Gasteiger partial charge on any atom is -0.448 e. The monoisotopic (exact) mass is 635 g/mol. The van der Waals surface area contributed by atoms with Crippen molar-refractivity contribution in [3.8, 4) is 11.1 Å². The van der Waals surface area contributed by atoms with Gasteiger partial charge in [-0.05, 0) is 80.4 Å². The van der Waals surface area contributed by atoms with Crippen molar-refractivity contribution in [2.45, 2.75) is 31.7 Å². The molecule has 3 amide bonds. The number of nitrogens with zero attached hydrogens (tertiary/aromatic N) is 3. The Morgan fingerprint density at radius 2 is 1.73 bits per heavy atom. The second-order valence-corrected chi connectivity index (χ2v) is 12.3. The average molecular weight is 636 g/mol. The Hall–Kier alpha value is -5.08. The van der Waals surface area contributed by atoms with Crippen LogP contribution >= 0.6 is 0 Å². The summed E-state index contributed by atoms with van der Waals surface area (Å²) < 4.78 is 35.3. The molecule has 0 bridgehead atoms. The number of amides is 3. The second-order valence-electron chi connectivity index (χ2n) is 10.1. The van der Waals surface area contributed by atoms with Crippen LogP contribution in [0.2, 0.25) is 0 Å². The first-order valence-electron chi connectivity index (χ1n) is 13.9. The molecule has 14 heteroatoms. The normalized spacial score (nSPS) is 12.8. The van der Waals surface area contributed by atoms with E-state index >= 15 is 0 Å². The molecule has 3 aromatic carbocycles. The lowest BCUT2D eigenvalue weighted by Gasteiger charge is -2.17. The summed E-state index contributed by atoms with van der Waals surface area (Å²) in [4.78, 5) is 33.5. The van der Waals surface area contributed by atoms with Crippen LogP contribution in [-0.2, 0) is 14.5 Å². The number of halogens is 1. The fourth-order valence-corrected chi connectivity index (χ4v) is 5.14. The highest BCUT2D eigenvalue weighted by molar-refractivity contribution is 7.93. The van der Waals surface area contributed by atoms with Gasteiger partial charge >= 0.3 is 12.1 Å². The molecule has 2 atom stereocenters. The SMILES string of the molecule is CCOC(=O)N=S(C)(=O)c1ccc(Nc2ncc(-c3ccc(NC(=O)Nc4cc(C)ccc4F)cc3)c(NC(C)CO)n2)cc1. The van der Waals surface area contributed by atoms with E-state index in [1.165, 1.54) is 12.3 Å². The maximum atomic E-state index is 14.0. The van der Waals surface area contributed by atoms with Crippen molar-refractivity contribution in [2.24, 2.45) is 4.36 Å². The molecule has 1 aromatic heterocycles. The van der Waals surface area contributed by atoms with Crippen LogP contribution in [0, 0.1) is 12.7 Å². The van der Waals surface area contributed by atoms with Gasteiger partial charge in [0.1, 0.15) is 11.6 Å². The fourth-order valence-electron chi connectivity index (χ4n) is 4.06. The molecule has 45 heavy (non-hydrogen) atoms. The van der Waals surface area contributed by atoms with Crippen molar-refractivity contribution in [1.82, 2.24) is 9.97 Å². The van der Waals surface area contributed by atoms with E-state index in [0.717, 1.165) is 11.1 Å². The van der Waals surface area contributed by atoms with Crippen LogP contribution in [0.5, 0.6) is 0 Å². The smallest absolute Gasteiger partial charge is 0.442 e. The molecule has 5 N–H and O–H groups in total. The number of aryl methyl sites for hydroxylation is 1. The maximum Gasteiger partial charge on any atom is 0.442 e. The van der Waals surface area contributed by atoms with Crippen LogP contribution < -0.4 is 21.3 Å². The number of anilines is 5.